The normalized spacial score (nSPS) is 11.9. The quantitative estimate of drug-likeness (QED) is 0.176. The van der Waals surface area contributed by atoms with Crippen LogP contribution in [0.15, 0.2) is 191 Å². The second kappa shape index (κ2) is 12.3. The molecule has 0 saturated carbocycles. The summed E-state index contributed by atoms with van der Waals surface area (Å²) in [7, 11) is 0. The molecule has 6 aromatic heterocycles. The first-order valence-electron chi connectivity index (χ1n) is 19.0. The Bertz CT molecular complexity index is 3500. The Hall–Kier alpha value is -7.83. The third-order valence-electron chi connectivity index (χ3n) is 11.2. The average Bonchev–Trinajstić information content (AvgIpc) is 3.95. The van der Waals surface area contributed by atoms with E-state index in [9.17, 15) is 0 Å². The molecule has 12 rings (SSSR count). The fourth-order valence-corrected chi connectivity index (χ4v) is 8.45. The van der Waals surface area contributed by atoms with Gasteiger partial charge in [-0.1, -0.05) is 78.9 Å². The molecule has 266 valence electrons. The van der Waals surface area contributed by atoms with Gasteiger partial charge in [-0.15, -0.1) is 0 Å². The Morgan fingerprint density at radius 2 is 0.982 bits per heavy atom. The molecule has 0 atom stereocenters. The molecule has 6 aromatic carbocycles. The van der Waals surface area contributed by atoms with Gasteiger partial charge in [0.25, 0.3) is 0 Å². The van der Waals surface area contributed by atoms with Crippen molar-refractivity contribution in [1.82, 2.24) is 19.5 Å². The molecule has 6 heterocycles. The van der Waals surface area contributed by atoms with Crippen molar-refractivity contribution in [3.05, 3.63) is 183 Å². The Kier molecular flexibility index (Phi) is 6.83. The van der Waals surface area contributed by atoms with E-state index in [2.05, 4.69) is 155 Å². The van der Waals surface area contributed by atoms with E-state index < -0.39 is 0 Å². The van der Waals surface area contributed by atoms with Gasteiger partial charge in [0.05, 0.1) is 34.6 Å². The molecular weight excluding hydrogens is 701 g/mol. The fourth-order valence-electron chi connectivity index (χ4n) is 8.45. The largest absolute Gasteiger partial charge is 0.454 e. The van der Waals surface area contributed by atoms with Crippen LogP contribution < -0.4 is 0 Å². The van der Waals surface area contributed by atoms with Crippen LogP contribution in [0.1, 0.15) is 0 Å². The maximum absolute atomic E-state index is 6.32. The van der Waals surface area contributed by atoms with Gasteiger partial charge in [0.1, 0.15) is 11.2 Å². The van der Waals surface area contributed by atoms with Gasteiger partial charge in [-0.05, 0) is 112 Å². The summed E-state index contributed by atoms with van der Waals surface area (Å²) in [5, 5.41) is 5.39. The minimum Gasteiger partial charge on any atom is -0.454 e. The number of pyridine rings is 3. The lowest BCUT2D eigenvalue weighted by Gasteiger charge is -2.10. The number of hydrogen-bond donors (Lipinski definition) is 0. The lowest BCUT2D eigenvalue weighted by Crippen LogP contribution is -1.94. The zero-order valence-electron chi connectivity index (χ0n) is 30.4. The second-order valence-electron chi connectivity index (χ2n) is 14.5. The number of hydrogen-bond acceptors (Lipinski definition) is 5. The topological polar surface area (TPSA) is 69.9 Å². The molecule has 0 spiro atoms. The van der Waals surface area contributed by atoms with Gasteiger partial charge in [-0.25, -0.2) is 0 Å². The van der Waals surface area contributed by atoms with Crippen LogP contribution in [-0.2, 0) is 0 Å². The summed E-state index contributed by atoms with van der Waals surface area (Å²) in [5.41, 5.74) is 16.3. The van der Waals surface area contributed by atoms with Gasteiger partial charge >= 0.3 is 0 Å². The monoisotopic (exact) mass is 730 g/mol. The maximum atomic E-state index is 6.32. The Balaban J connectivity index is 0.902. The van der Waals surface area contributed by atoms with E-state index in [1.54, 1.807) is 6.20 Å². The highest BCUT2D eigenvalue weighted by Gasteiger charge is 2.16. The van der Waals surface area contributed by atoms with Crippen molar-refractivity contribution in [1.29, 1.82) is 0 Å². The molecule has 0 aliphatic rings. The van der Waals surface area contributed by atoms with Crippen LogP contribution in [0.5, 0.6) is 0 Å². The molecule has 0 unspecified atom stereocenters. The van der Waals surface area contributed by atoms with Crippen LogP contribution in [0.3, 0.4) is 0 Å². The average molecular weight is 731 g/mol. The van der Waals surface area contributed by atoms with E-state index in [4.69, 9.17) is 18.8 Å². The van der Waals surface area contributed by atoms with Gasteiger partial charge in [0.15, 0.2) is 11.2 Å². The standard InChI is InChI=1S/C51H30N4O2/c1-2-14-45-40(13-1)51-46(15-6-21-53-51)55(45)38-12-5-11-37(25-38)44-28-43-42-27-36(17-19-48(42)57-50(43)30-54-44)34-10-4-8-32(24-34)31-7-3-9-33(23-31)35-16-18-47-41(26-35)39-20-22-52-29-49(39)56-47/h1-30H. The van der Waals surface area contributed by atoms with Crippen LogP contribution in [0, 0.1) is 0 Å². The minimum absolute atomic E-state index is 0.763. The zero-order valence-corrected chi connectivity index (χ0v) is 30.4. The van der Waals surface area contributed by atoms with Gasteiger partial charge in [-0.2, -0.15) is 0 Å². The van der Waals surface area contributed by atoms with Crippen molar-refractivity contribution in [3.8, 4) is 50.3 Å². The zero-order chi connectivity index (χ0) is 37.5. The van der Waals surface area contributed by atoms with E-state index in [0.29, 0.717) is 0 Å². The van der Waals surface area contributed by atoms with E-state index in [1.165, 1.54) is 0 Å². The van der Waals surface area contributed by atoms with Crippen LogP contribution in [0.4, 0.5) is 0 Å². The molecule has 0 radical (unpaired) electrons. The molecule has 0 aliphatic carbocycles. The molecule has 12 aromatic rings. The SMILES string of the molecule is c1cc(-c2cccc(-c3ccc4oc5cnc(-c6cccc(-n7c8ccccc8c8ncccc87)c6)cc5c4c3)c2)cc(-c2ccc3oc4cnccc4c3c2)c1. The number of aromatic nitrogens is 4. The van der Waals surface area contributed by atoms with Crippen molar-refractivity contribution in [3.63, 3.8) is 0 Å². The van der Waals surface area contributed by atoms with Gasteiger partial charge < -0.3 is 13.4 Å². The lowest BCUT2D eigenvalue weighted by molar-refractivity contribution is 0.666. The van der Waals surface area contributed by atoms with Crippen LogP contribution in [0.2, 0.25) is 0 Å². The summed E-state index contributed by atoms with van der Waals surface area (Å²) >= 11 is 0. The van der Waals surface area contributed by atoms with E-state index >= 15 is 0 Å². The number of furan rings is 2. The molecule has 0 aliphatic heterocycles. The predicted octanol–water partition coefficient (Wildman–Crippen LogP) is 13.4. The fraction of sp³-hybridized carbons (Fsp3) is 0. The highest BCUT2D eigenvalue weighted by Crippen LogP contribution is 2.38. The predicted molar refractivity (Wildman–Crippen MR) is 230 cm³/mol. The first kappa shape index (κ1) is 31.5. The number of para-hydroxylation sites is 1. The Morgan fingerprint density at radius 1 is 0.368 bits per heavy atom. The van der Waals surface area contributed by atoms with Crippen LogP contribution >= 0.6 is 0 Å². The summed E-state index contributed by atoms with van der Waals surface area (Å²) in [5.74, 6) is 0. The van der Waals surface area contributed by atoms with E-state index in [1.807, 2.05) is 30.7 Å². The van der Waals surface area contributed by atoms with E-state index in [-0.39, 0.29) is 0 Å². The van der Waals surface area contributed by atoms with Gasteiger partial charge in [0.2, 0.25) is 0 Å². The van der Waals surface area contributed by atoms with Crippen molar-refractivity contribution in [2.24, 2.45) is 0 Å². The molecule has 6 heteroatoms. The third-order valence-corrected chi connectivity index (χ3v) is 11.2. The summed E-state index contributed by atoms with van der Waals surface area (Å²) in [6.45, 7) is 0. The molecule has 0 fully saturated rings. The Morgan fingerprint density at radius 3 is 1.74 bits per heavy atom. The summed E-state index contributed by atoms with van der Waals surface area (Å²) in [6, 6.07) is 55.6. The van der Waals surface area contributed by atoms with E-state index in [0.717, 1.165) is 116 Å². The van der Waals surface area contributed by atoms with Crippen molar-refractivity contribution in [2.75, 3.05) is 0 Å². The molecule has 0 N–H and O–H groups in total. The maximum Gasteiger partial charge on any atom is 0.153 e. The highest BCUT2D eigenvalue weighted by molar-refractivity contribution is 6.09. The number of benzene rings is 6. The number of fused-ring (bicyclic) bond motifs is 9. The first-order valence-corrected chi connectivity index (χ1v) is 19.0. The smallest absolute Gasteiger partial charge is 0.153 e. The van der Waals surface area contributed by atoms with Gasteiger partial charge in [-0.3, -0.25) is 15.0 Å². The molecule has 57 heavy (non-hydrogen) atoms. The van der Waals surface area contributed by atoms with Crippen molar-refractivity contribution in [2.45, 2.75) is 0 Å². The van der Waals surface area contributed by atoms with Gasteiger partial charge in [0, 0.05) is 50.6 Å². The number of rotatable bonds is 5. The molecule has 0 bridgehead atoms. The van der Waals surface area contributed by atoms with Crippen LogP contribution in [-0.4, -0.2) is 19.5 Å². The second-order valence-corrected chi connectivity index (χ2v) is 14.5. The lowest BCUT2D eigenvalue weighted by atomic mass is 9.95. The van der Waals surface area contributed by atoms with Crippen molar-refractivity contribution < 1.29 is 8.83 Å². The molecule has 6 nitrogen and oxygen atoms in total. The molecular formula is C51H30N4O2. The third kappa shape index (κ3) is 5.08. The summed E-state index contributed by atoms with van der Waals surface area (Å²) < 4.78 is 14.6. The highest BCUT2D eigenvalue weighted by atomic mass is 16.3. The minimum atomic E-state index is 0.763. The first-order chi connectivity index (χ1) is 28.2. The van der Waals surface area contributed by atoms with Crippen LogP contribution in [0.25, 0.3) is 116 Å². The molecule has 0 amide bonds. The Labute approximate surface area is 325 Å². The molecule has 0 saturated heterocycles. The summed E-state index contributed by atoms with van der Waals surface area (Å²) in [4.78, 5) is 13.8. The van der Waals surface area contributed by atoms with Crippen molar-refractivity contribution >= 4 is 65.8 Å². The number of nitrogens with zero attached hydrogens (tertiary/aromatic N) is 4. The summed E-state index contributed by atoms with van der Waals surface area (Å²) in [6.07, 6.45) is 7.29.